The molecular formula is C16H23O6P. The summed E-state index contributed by atoms with van der Waals surface area (Å²) in [5, 5.41) is 0. The second kappa shape index (κ2) is 4.81. The van der Waals surface area contributed by atoms with E-state index in [0.29, 0.717) is 0 Å². The minimum Gasteiger partial charge on any atom is -0.464 e. The molecule has 4 saturated carbocycles. The summed E-state index contributed by atoms with van der Waals surface area (Å²) in [7, 11) is -3.31. The number of carbonyl (C=O) groups is 1. The Kier molecular flexibility index (Phi) is 3.11. The molecule has 0 atom stereocenters. The second-order valence-corrected chi connectivity index (χ2v) is 10.2. The van der Waals surface area contributed by atoms with Crippen LogP contribution in [0, 0.1) is 28.6 Å². The molecule has 0 aromatic carbocycles. The molecule has 0 amide bonds. The van der Waals surface area contributed by atoms with Crippen molar-refractivity contribution >= 4 is 13.8 Å². The van der Waals surface area contributed by atoms with Crippen molar-refractivity contribution in [2.45, 2.75) is 38.5 Å². The number of rotatable bonds is 3. The lowest BCUT2D eigenvalue weighted by molar-refractivity contribution is -0.183. The third-order valence-electron chi connectivity index (χ3n) is 6.57. The van der Waals surface area contributed by atoms with Crippen molar-refractivity contribution in [3.63, 3.8) is 0 Å². The van der Waals surface area contributed by atoms with Crippen molar-refractivity contribution in [1.82, 2.24) is 0 Å². The lowest BCUT2D eigenvalue weighted by atomic mass is 9.49. The number of fused-ring (bicyclic) bond motifs is 3. The molecule has 7 fully saturated rings. The highest BCUT2D eigenvalue weighted by Gasteiger charge is 2.57. The van der Waals surface area contributed by atoms with Crippen LogP contribution in [-0.2, 0) is 27.7 Å². The molecule has 7 rings (SSSR count). The molecule has 7 aliphatic rings. The van der Waals surface area contributed by atoms with Crippen LogP contribution in [0.2, 0.25) is 0 Å². The Bertz CT molecular complexity index is 521. The Morgan fingerprint density at radius 1 is 0.957 bits per heavy atom. The van der Waals surface area contributed by atoms with Crippen LogP contribution >= 0.6 is 7.82 Å². The predicted octanol–water partition coefficient (Wildman–Crippen LogP) is 2.92. The third-order valence-corrected chi connectivity index (χ3v) is 7.90. The molecule has 3 heterocycles. The van der Waals surface area contributed by atoms with Crippen molar-refractivity contribution < 1.29 is 27.7 Å². The quantitative estimate of drug-likeness (QED) is 0.580. The fourth-order valence-corrected chi connectivity index (χ4v) is 7.26. The molecule has 7 heteroatoms. The van der Waals surface area contributed by atoms with E-state index in [4.69, 9.17) is 18.3 Å². The first kappa shape index (κ1) is 14.9. The number of hydrogen-bond donors (Lipinski definition) is 0. The van der Waals surface area contributed by atoms with Gasteiger partial charge in [-0.1, -0.05) is 0 Å². The van der Waals surface area contributed by atoms with Crippen molar-refractivity contribution in [3.05, 3.63) is 0 Å². The van der Waals surface area contributed by atoms with Gasteiger partial charge in [0.05, 0.1) is 30.7 Å². The second-order valence-electron chi connectivity index (χ2n) is 8.54. The Hall–Kier alpha value is -0.420. The molecule has 4 aliphatic carbocycles. The van der Waals surface area contributed by atoms with Crippen LogP contribution < -0.4 is 0 Å². The molecule has 6 bridgehead atoms. The summed E-state index contributed by atoms with van der Waals surface area (Å²) in [5.74, 6) is 2.12. The summed E-state index contributed by atoms with van der Waals surface area (Å²) >= 11 is 0. The van der Waals surface area contributed by atoms with Crippen LogP contribution in [0.3, 0.4) is 0 Å². The Balaban J connectivity index is 1.27. The van der Waals surface area contributed by atoms with E-state index >= 15 is 0 Å². The fourth-order valence-electron chi connectivity index (χ4n) is 5.74. The van der Waals surface area contributed by atoms with Crippen LogP contribution in [0.25, 0.3) is 0 Å². The van der Waals surface area contributed by atoms with Crippen molar-refractivity contribution in [1.29, 1.82) is 0 Å². The molecule has 0 radical (unpaired) electrons. The molecule has 0 unspecified atom stereocenters. The Morgan fingerprint density at radius 2 is 1.43 bits per heavy atom. The summed E-state index contributed by atoms with van der Waals surface area (Å²) in [6, 6.07) is 0. The summed E-state index contributed by atoms with van der Waals surface area (Å²) in [5.41, 5.74) is -0.739. The average molecular weight is 342 g/mol. The molecule has 6 nitrogen and oxygen atoms in total. The maximum atomic E-state index is 12.9. The van der Waals surface area contributed by atoms with E-state index in [1.165, 1.54) is 19.3 Å². The highest BCUT2D eigenvalue weighted by Crippen LogP contribution is 2.62. The first-order valence-electron chi connectivity index (χ1n) is 8.69. The van der Waals surface area contributed by atoms with E-state index < -0.39 is 13.2 Å². The zero-order chi connectivity index (χ0) is 15.7. The maximum Gasteiger partial charge on any atom is 0.474 e. The maximum absolute atomic E-state index is 12.9. The zero-order valence-corrected chi connectivity index (χ0v) is 14.1. The monoisotopic (exact) mass is 342 g/mol. The van der Waals surface area contributed by atoms with E-state index in [9.17, 15) is 9.36 Å². The lowest BCUT2D eigenvalue weighted by Gasteiger charge is -2.55. The molecule has 0 N–H and O–H groups in total. The summed E-state index contributed by atoms with van der Waals surface area (Å²) in [4.78, 5) is 12.9. The van der Waals surface area contributed by atoms with Crippen LogP contribution in [0.15, 0.2) is 0 Å². The van der Waals surface area contributed by atoms with Gasteiger partial charge in [0.1, 0.15) is 6.61 Å². The topological polar surface area (TPSA) is 71.1 Å². The third kappa shape index (κ3) is 2.33. The number of esters is 1. The number of phosphoric ester groups is 1. The molecule has 23 heavy (non-hydrogen) atoms. The smallest absolute Gasteiger partial charge is 0.464 e. The van der Waals surface area contributed by atoms with Crippen molar-refractivity contribution in [2.24, 2.45) is 28.6 Å². The summed E-state index contributed by atoms with van der Waals surface area (Å²) < 4.78 is 33.0. The number of ether oxygens (including phenoxy) is 1. The lowest BCUT2D eigenvalue weighted by Crippen LogP contribution is -2.52. The van der Waals surface area contributed by atoms with Gasteiger partial charge in [0.2, 0.25) is 0 Å². The van der Waals surface area contributed by atoms with Crippen molar-refractivity contribution in [2.75, 3.05) is 26.4 Å². The molecule has 0 aromatic rings. The van der Waals surface area contributed by atoms with Gasteiger partial charge in [-0.3, -0.25) is 18.4 Å². The van der Waals surface area contributed by atoms with Gasteiger partial charge in [0.15, 0.2) is 0 Å². The first-order valence-corrected chi connectivity index (χ1v) is 10.2. The van der Waals surface area contributed by atoms with Crippen molar-refractivity contribution in [3.8, 4) is 0 Å². The van der Waals surface area contributed by atoms with Gasteiger partial charge in [-0.2, -0.15) is 0 Å². The van der Waals surface area contributed by atoms with Gasteiger partial charge >= 0.3 is 13.8 Å². The summed E-state index contributed by atoms with van der Waals surface area (Å²) in [6.45, 7) is 1.06. The average Bonchev–Trinajstić information content (AvgIpc) is 2.53. The van der Waals surface area contributed by atoms with Gasteiger partial charge in [-0.15, -0.1) is 0 Å². The van der Waals surface area contributed by atoms with E-state index in [0.717, 1.165) is 37.0 Å². The normalized spacial score (nSPS) is 53.5. The number of phosphoric acid groups is 1. The highest BCUT2D eigenvalue weighted by atomic mass is 31.2. The minimum absolute atomic E-state index is 0.0368. The van der Waals surface area contributed by atoms with E-state index in [-0.39, 0.29) is 37.8 Å². The molecular weight excluding hydrogens is 319 g/mol. The first-order chi connectivity index (χ1) is 11.0. The molecule has 3 aliphatic heterocycles. The number of carbonyl (C=O) groups excluding carboxylic acids is 1. The molecule has 0 spiro atoms. The van der Waals surface area contributed by atoms with Gasteiger partial charge in [0.25, 0.3) is 0 Å². The van der Waals surface area contributed by atoms with Gasteiger partial charge in [-0.05, 0) is 56.3 Å². The van der Waals surface area contributed by atoms with E-state index in [1.807, 2.05) is 0 Å². The Labute approximate surface area is 135 Å². The standard InChI is InChI=1S/C16H23O6P/c17-14(16-4-11-1-12(5-16)3-13(2-11)6-16)19-7-15-8-20-23(18,21-9-15)22-10-15/h11-13H,1-10H2. The van der Waals surface area contributed by atoms with Crippen LogP contribution in [0.4, 0.5) is 0 Å². The van der Waals surface area contributed by atoms with E-state index in [1.54, 1.807) is 0 Å². The van der Waals surface area contributed by atoms with Crippen LogP contribution in [0.1, 0.15) is 38.5 Å². The van der Waals surface area contributed by atoms with Gasteiger partial charge in [-0.25, -0.2) is 4.57 Å². The Morgan fingerprint density at radius 3 is 1.91 bits per heavy atom. The molecule has 3 saturated heterocycles. The summed E-state index contributed by atoms with van der Waals surface area (Å²) in [6.07, 6.45) is 6.93. The molecule has 0 aromatic heterocycles. The highest BCUT2D eigenvalue weighted by molar-refractivity contribution is 7.48. The number of hydrogen-bond acceptors (Lipinski definition) is 6. The molecule has 128 valence electrons. The largest absolute Gasteiger partial charge is 0.474 e. The van der Waals surface area contributed by atoms with Gasteiger partial charge < -0.3 is 4.74 Å². The minimum atomic E-state index is -3.31. The van der Waals surface area contributed by atoms with Crippen LogP contribution in [-0.4, -0.2) is 32.4 Å². The van der Waals surface area contributed by atoms with Gasteiger partial charge in [0, 0.05) is 0 Å². The predicted molar refractivity (Wildman–Crippen MR) is 79.5 cm³/mol. The van der Waals surface area contributed by atoms with Crippen LogP contribution in [0.5, 0.6) is 0 Å². The fraction of sp³-hybridized carbons (Fsp3) is 0.938. The van der Waals surface area contributed by atoms with E-state index in [2.05, 4.69) is 0 Å². The SMILES string of the molecule is O=C(OCC12COP(=O)(OC1)OC2)C12CC3CC(CC(C3)C1)C2. The zero-order valence-electron chi connectivity index (χ0n) is 13.2.